The molecule has 9 nitrogen and oxygen atoms in total. The fourth-order valence-electron chi connectivity index (χ4n) is 2.66. The molecule has 1 aromatic rings. The molecular weight excluding hydrogens is 497 g/mol. The molecule has 162 valence electrons. The van der Waals surface area contributed by atoms with Gasteiger partial charge in [-0.25, -0.2) is 23.1 Å². The van der Waals surface area contributed by atoms with E-state index in [1.807, 2.05) is 20.8 Å². The van der Waals surface area contributed by atoms with Gasteiger partial charge in [0, 0.05) is 26.2 Å². The predicted molar refractivity (Wildman–Crippen MR) is 120 cm³/mol. The first-order chi connectivity index (χ1) is 12.9. The second-order valence-electron chi connectivity index (χ2n) is 6.53. The molecule has 0 amide bonds. The molecule has 1 atom stereocenters. The summed E-state index contributed by atoms with van der Waals surface area (Å²) in [6.45, 7) is 7.92. The standard InChI is InChI=1S/C17H31N5O4S.HI/c1-4-18-17(20-12-16-22-13(2)14(3)26-16)19-8-10-27(23,24)21-11-15-7-5-6-9-25-15;/h15,21H,4-12H2,1-3H3,(H2,18,19,20);1H. The molecule has 2 rings (SSSR count). The van der Waals surface area contributed by atoms with E-state index in [9.17, 15) is 8.42 Å². The summed E-state index contributed by atoms with van der Waals surface area (Å²) in [6.07, 6.45) is 3.01. The van der Waals surface area contributed by atoms with Crippen molar-refractivity contribution in [2.75, 3.05) is 32.0 Å². The molecule has 0 bridgehead atoms. The van der Waals surface area contributed by atoms with Gasteiger partial charge in [-0.05, 0) is 40.0 Å². The topological polar surface area (TPSA) is 118 Å². The fourth-order valence-corrected chi connectivity index (χ4v) is 3.61. The molecule has 3 N–H and O–H groups in total. The van der Waals surface area contributed by atoms with E-state index < -0.39 is 10.0 Å². The second-order valence-corrected chi connectivity index (χ2v) is 8.45. The van der Waals surface area contributed by atoms with E-state index in [1.54, 1.807) is 0 Å². The predicted octanol–water partition coefficient (Wildman–Crippen LogP) is 1.45. The molecule has 1 aromatic heterocycles. The van der Waals surface area contributed by atoms with Crippen LogP contribution in [0.1, 0.15) is 43.5 Å². The van der Waals surface area contributed by atoms with E-state index in [2.05, 4.69) is 25.3 Å². The summed E-state index contributed by atoms with van der Waals surface area (Å²) in [5.41, 5.74) is 0.845. The van der Waals surface area contributed by atoms with Crippen LogP contribution in [0.5, 0.6) is 0 Å². The number of guanidine groups is 1. The summed E-state index contributed by atoms with van der Waals surface area (Å²) >= 11 is 0. The quantitative estimate of drug-likeness (QED) is 0.252. The molecule has 1 aliphatic rings. The Morgan fingerprint density at radius 1 is 1.29 bits per heavy atom. The number of aryl methyl sites for hydroxylation is 2. The van der Waals surface area contributed by atoms with E-state index in [0.29, 0.717) is 31.5 Å². The van der Waals surface area contributed by atoms with Crippen LogP contribution in [0.3, 0.4) is 0 Å². The Hall–Kier alpha value is -0.920. The molecule has 1 saturated heterocycles. The zero-order chi connectivity index (χ0) is 19.7. The monoisotopic (exact) mass is 529 g/mol. The molecular formula is C17H32IN5O4S. The van der Waals surface area contributed by atoms with Crippen molar-refractivity contribution in [2.24, 2.45) is 4.99 Å². The third-order valence-electron chi connectivity index (χ3n) is 4.26. The lowest BCUT2D eigenvalue weighted by atomic mass is 10.1. The average Bonchev–Trinajstić information content (AvgIpc) is 2.97. The highest BCUT2D eigenvalue weighted by Gasteiger charge is 2.17. The molecule has 1 unspecified atom stereocenters. The average molecular weight is 529 g/mol. The van der Waals surface area contributed by atoms with Gasteiger partial charge in [0.25, 0.3) is 0 Å². The Bertz CT molecular complexity index is 698. The van der Waals surface area contributed by atoms with Crippen molar-refractivity contribution in [3.8, 4) is 0 Å². The van der Waals surface area contributed by atoms with Gasteiger partial charge in [-0.15, -0.1) is 24.0 Å². The van der Waals surface area contributed by atoms with Crippen LogP contribution in [-0.4, -0.2) is 57.5 Å². The van der Waals surface area contributed by atoms with Crippen molar-refractivity contribution >= 4 is 40.0 Å². The number of aromatic nitrogens is 1. The number of nitrogens with one attached hydrogen (secondary N) is 3. The minimum Gasteiger partial charge on any atom is -0.444 e. The first-order valence-corrected chi connectivity index (χ1v) is 11.1. The number of sulfonamides is 1. The first-order valence-electron chi connectivity index (χ1n) is 9.43. The number of aliphatic imine (C=N–C) groups is 1. The smallest absolute Gasteiger partial charge is 0.216 e. The Morgan fingerprint density at radius 2 is 2.07 bits per heavy atom. The lowest BCUT2D eigenvalue weighted by Crippen LogP contribution is -2.42. The van der Waals surface area contributed by atoms with Crippen molar-refractivity contribution in [2.45, 2.75) is 52.7 Å². The van der Waals surface area contributed by atoms with Crippen LogP contribution in [0, 0.1) is 13.8 Å². The van der Waals surface area contributed by atoms with E-state index in [0.717, 1.165) is 30.7 Å². The van der Waals surface area contributed by atoms with Gasteiger partial charge in [0.1, 0.15) is 12.3 Å². The van der Waals surface area contributed by atoms with E-state index in [4.69, 9.17) is 9.15 Å². The molecule has 28 heavy (non-hydrogen) atoms. The molecule has 11 heteroatoms. The minimum absolute atomic E-state index is 0. The van der Waals surface area contributed by atoms with Crippen LogP contribution in [0.15, 0.2) is 9.41 Å². The number of nitrogens with zero attached hydrogens (tertiary/aromatic N) is 2. The number of hydrogen-bond acceptors (Lipinski definition) is 6. The molecule has 0 radical (unpaired) electrons. The molecule has 2 heterocycles. The van der Waals surface area contributed by atoms with Crippen LogP contribution in [0.2, 0.25) is 0 Å². The van der Waals surface area contributed by atoms with Gasteiger partial charge in [-0.2, -0.15) is 0 Å². The maximum absolute atomic E-state index is 12.1. The van der Waals surface area contributed by atoms with Crippen LogP contribution in [-0.2, 0) is 21.3 Å². The number of hydrogen-bond donors (Lipinski definition) is 3. The van der Waals surface area contributed by atoms with Gasteiger partial charge in [-0.3, -0.25) is 0 Å². The van der Waals surface area contributed by atoms with E-state index in [-0.39, 0.29) is 48.9 Å². The Kier molecular flexibility index (Phi) is 11.3. The number of oxazole rings is 1. The summed E-state index contributed by atoms with van der Waals surface area (Å²) in [5, 5.41) is 6.10. The summed E-state index contributed by atoms with van der Waals surface area (Å²) < 4.78 is 37.9. The zero-order valence-corrected chi connectivity index (χ0v) is 19.9. The second kappa shape index (κ2) is 12.6. The van der Waals surface area contributed by atoms with Crippen LogP contribution in [0.4, 0.5) is 0 Å². The van der Waals surface area contributed by atoms with Crippen molar-refractivity contribution < 1.29 is 17.6 Å². The maximum Gasteiger partial charge on any atom is 0.216 e. The lowest BCUT2D eigenvalue weighted by molar-refractivity contribution is 0.0200. The summed E-state index contributed by atoms with van der Waals surface area (Å²) in [6, 6.07) is 0. The molecule has 0 spiro atoms. The summed E-state index contributed by atoms with van der Waals surface area (Å²) in [7, 11) is -3.37. The van der Waals surface area contributed by atoms with Crippen molar-refractivity contribution in [1.29, 1.82) is 0 Å². The first kappa shape index (κ1) is 25.1. The summed E-state index contributed by atoms with van der Waals surface area (Å²) in [4.78, 5) is 8.66. The van der Waals surface area contributed by atoms with Crippen molar-refractivity contribution in [1.82, 2.24) is 20.3 Å². The SMILES string of the molecule is CCNC(=NCc1nc(C)c(C)o1)NCCS(=O)(=O)NCC1CCCCO1.I. The normalized spacial score (nSPS) is 17.8. The largest absolute Gasteiger partial charge is 0.444 e. The molecule has 0 aromatic carbocycles. The van der Waals surface area contributed by atoms with Crippen LogP contribution in [0.25, 0.3) is 0 Å². The maximum atomic E-state index is 12.1. The molecule has 0 saturated carbocycles. The third kappa shape index (κ3) is 9.05. The van der Waals surface area contributed by atoms with Gasteiger partial charge in [0.2, 0.25) is 15.9 Å². The number of halogens is 1. The van der Waals surface area contributed by atoms with Crippen molar-refractivity contribution in [3.05, 3.63) is 17.3 Å². The molecule has 1 fully saturated rings. The highest BCUT2D eigenvalue weighted by atomic mass is 127. The minimum atomic E-state index is -3.37. The highest BCUT2D eigenvalue weighted by molar-refractivity contribution is 14.0. The number of rotatable bonds is 9. The highest BCUT2D eigenvalue weighted by Crippen LogP contribution is 2.12. The zero-order valence-electron chi connectivity index (χ0n) is 16.8. The van der Waals surface area contributed by atoms with Crippen molar-refractivity contribution in [3.63, 3.8) is 0 Å². The van der Waals surface area contributed by atoms with Crippen LogP contribution < -0.4 is 15.4 Å². The Balaban J connectivity index is 0.00000392. The van der Waals surface area contributed by atoms with Gasteiger partial charge < -0.3 is 19.8 Å². The van der Waals surface area contributed by atoms with Gasteiger partial charge in [0.05, 0.1) is 17.6 Å². The van der Waals surface area contributed by atoms with Gasteiger partial charge >= 0.3 is 0 Å². The summed E-state index contributed by atoms with van der Waals surface area (Å²) in [5.74, 6) is 1.79. The lowest BCUT2D eigenvalue weighted by Gasteiger charge is -2.22. The van der Waals surface area contributed by atoms with Crippen LogP contribution >= 0.6 is 24.0 Å². The van der Waals surface area contributed by atoms with E-state index >= 15 is 0 Å². The molecule has 1 aliphatic heterocycles. The van der Waals surface area contributed by atoms with Gasteiger partial charge in [0.15, 0.2) is 5.96 Å². The fraction of sp³-hybridized carbons (Fsp3) is 0.765. The Labute approximate surface area is 184 Å². The van der Waals surface area contributed by atoms with Gasteiger partial charge in [-0.1, -0.05) is 0 Å². The number of ether oxygens (including phenoxy) is 1. The van der Waals surface area contributed by atoms with E-state index in [1.165, 1.54) is 0 Å². The molecule has 0 aliphatic carbocycles. The third-order valence-corrected chi connectivity index (χ3v) is 5.61. The Morgan fingerprint density at radius 3 is 2.68 bits per heavy atom.